The summed E-state index contributed by atoms with van der Waals surface area (Å²) in [6.45, 7) is 17.7. The van der Waals surface area contributed by atoms with Crippen molar-refractivity contribution in [3.05, 3.63) is 84.7 Å². The molecule has 6 heteroatoms. The Labute approximate surface area is 203 Å². The number of para-hydroxylation sites is 2. The number of piperazine rings is 1. The van der Waals surface area contributed by atoms with Gasteiger partial charge in [-0.2, -0.15) is 0 Å². The number of ether oxygens (including phenoxy) is 1. The summed E-state index contributed by atoms with van der Waals surface area (Å²) >= 11 is 0. The summed E-state index contributed by atoms with van der Waals surface area (Å²) in [5, 5.41) is 1.89. The van der Waals surface area contributed by atoms with Crippen LogP contribution in [0.1, 0.15) is 19.4 Å². The molecule has 0 atom stereocenters. The highest BCUT2D eigenvalue weighted by Crippen LogP contribution is 2.32. The monoisotopic (exact) mass is 460 g/mol. The third kappa shape index (κ3) is 5.75. The van der Waals surface area contributed by atoms with Crippen LogP contribution in [0.5, 0.6) is 5.75 Å². The van der Waals surface area contributed by atoms with Crippen molar-refractivity contribution in [3.8, 4) is 5.75 Å². The molecule has 2 aliphatic heterocycles. The zero-order valence-electron chi connectivity index (χ0n) is 20.4. The molecule has 34 heavy (non-hydrogen) atoms. The van der Waals surface area contributed by atoms with Crippen molar-refractivity contribution in [1.29, 1.82) is 0 Å². The van der Waals surface area contributed by atoms with E-state index in [1.165, 1.54) is 11.3 Å². The molecule has 0 aromatic heterocycles. The van der Waals surface area contributed by atoms with Gasteiger partial charge in [-0.25, -0.2) is 5.06 Å². The van der Waals surface area contributed by atoms with Crippen molar-refractivity contribution in [1.82, 2.24) is 4.90 Å². The Hall–Kier alpha value is -3.38. The second kappa shape index (κ2) is 10.7. The summed E-state index contributed by atoms with van der Waals surface area (Å²) in [5.74, 6) is 1.65. The van der Waals surface area contributed by atoms with Crippen molar-refractivity contribution in [2.75, 3.05) is 55.0 Å². The van der Waals surface area contributed by atoms with E-state index in [9.17, 15) is 0 Å². The zero-order chi connectivity index (χ0) is 24.1. The van der Waals surface area contributed by atoms with Gasteiger partial charge in [0.05, 0.1) is 24.0 Å². The lowest BCUT2D eigenvalue weighted by atomic mass is 10.1. The summed E-state index contributed by atoms with van der Waals surface area (Å²) in [6.07, 6.45) is 4.82. The van der Waals surface area contributed by atoms with Gasteiger partial charge in [0, 0.05) is 38.4 Å². The van der Waals surface area contributed by atoms with E-state index in [1.807, 2.05) is 29.3 Å². The topological polar surface area (TPSA) is 54.2 Å². The van der Waals surface area contributed by atoms with E-state index in [4.69, 9.17) is 15.3 Å². The van der Waals surface area contributed by atoms with Crippen LogP contribution in [0.25, 0.3) is 0 Å². The molecule has 2 aliphatic rings. The number of nitrogen functional groups attached to an aromatic ring is 1. The first kappa shape index (κ1) is 23.8. The maximum absolute atomic E-state index is 6.14. The summed E-state index contributed by atoms with van der Waals surface area (Å²) in [4.78, 5) is 11.0. The molecule has 0 bridgehead atoms. The fourth-order valence-corrected chi connectivity index (χ4v) is 4.46. The molecule has 1 saturated heterocycles. The number of hydrogen-bond acceptors (Lipinski definition) is 6. The summed E-state index contributed by atoms with van der Waals surface area (Å²) in [7, 11) is 0. The summed E-state index contributed by atoms with van der Waals surface area (Å²) < 4.78 is 6.02. The maximum atomic E-state index is 6.14. The van der Waals surface area contributed by atoms with Crippen LogP contribution in [0.3, 0.4) is 0 Å². The van der Waals surface area contributed by atoms with E-state index >= 15 is 0 Å². The van der Waals surface area contributed by atoms with E-state index in [-0.39, 0.29) is 6.10 Å². The predicted octanol–water partition coefficient (Wildman–Crippen LogP) is 4.80. The third-order valence-corrected chi connectivity index (χ3v) is 6.09. The van der Waals surface area contributed by atoms with Gasteiger partial charge in [-0.05, 0) is 67.8 Å². The Morgan fingerprint density at radius 1 is 1.06 bits per heavy atom. The first-order valence-electron chi connectivity index (χ1n) is 12.0. The Bertz CT molecular complexity index is 1050. The number of hydrogen-bond donors (Lipinski definition) is 1. The largest absolute Gasteiger partial charge is 0.489 e. The molecule has 0 unspecified atom stereocenters. The fourth-order valence-electron chi connectivity index (χ4n) is 4.46. The van der Waals surface area contributed by atoms with Gasteiger partial charge >= 0.3 is 0 Å². The highest BCUT2D eigenvalue weighted by Gasteiger charge is 2.22. The van der Waals surface area contributed by atoms with Crippen LogP contribution in [0.4, 0.5) is 17.1 Å². The molecule has 0 saturated carbocycles. The fraction of sp³-hybridized carbons (Fsp3) is 0.357. The lowest BCUT2D eigenvalue weighted by Crippen LogP contribution is -2.47. The molecular weight excluding hydrogens is 424 g/mol. The molecule has 6 nitrogen and oxygen atoms in total. The maximum Gasteiger partial charge on any atom is 0.155 e. The average Bonchev–Trinajstić information content (AvgIpc) is 3.21. The first-order chi connectivity index (χ1) is 16.4. The number of anilines is 3. The average molecular weight is 461 g/mol. The Morgan fingerprint density at radius 2 is 1.82 bits per heavy atom. The molecular formula is C28H36N4O2. The highest BCUT2D eigenvalue weighted by molar-refractivity contribution is 5.63. The standard InChI is InChI=1S/C28H36N4O2/c1-5-25(34-32-13-12-23-10-11-24(29)19-27(23)32)18-22(4)20-30-14-16-31(17-15-30)26-8-6-7-9-28(26)33-21(2)3/h5-11,18-19,21H,1,4,12-17,20,29H2,2-3H3/b25-18+. The van der Waals surface area contributed by atoms with E-state index in [0.29, 0.717) is 5.76 Å². The molecule has 2 aromatic rings. The number of rotatable bonds is 9. The molecule has 0 radical (unpaired) electrons. The van der Waals surface area contributed by atoms with Gasteiger partial charge in [-0.1, -0.05) is 31.4 Å². The molecule has 2 aromatic carbocycles. The second-order valence-electron chi connectivity index (χ2n) is 9.14. The van der Waals surface area contributed by atoms with Gasteiger partial charge in [0.15, 0.2) is 5.76 Å². The lowest BCUT2D eigenvalue weighted by Gasteiger charge is -2.37. The molecule has 2 heterocycles. The number of benzene rings is 2. The van der Waals surface area contributed by atoms with E-state index in [2.05, 4.69) is 61.1 Å². The minimum absolute atomic E-state index is 0.158. The molecule has 2 N–H and O–H groups in total. The van der Waals surface area contributed by atoms with Crippen molar-refractivity contribution in [2.24, 2.45) is 0 Å². The molecule has 0 amide bonds. The SMILES string of the molecule is C=C/C(=C\C(=C)CN1CCN(c2ccccc2OC(C)C)CC1)ON1CCc2ccc(N)cc21. The summed E-state index contributed by atoms with van der Waals surface area (Å²) in [5.41, 5.74) is 11.1. The quantitative estimate of drug-likeness (QED) is 0.330. The number of allylic oxidation sites excluding steroid dienone is 1. The number of fused-ring (bicyclic) bond motifs is 1. The zero-order valence-corrected chi connectivity index (χ0v) is 20.4. The Kier molecular flexibility index (Phi) is 7.48. The van der Waals surface area contributed by atoms with Crippen LogP contribution < -0.4 is 20.4 Å². The van der Waals surface area contributed by atoms with Crippen LogP contribution in [-0.4, -0.2) is 50.3 Å². The Morgan fingerprint density at radius 3 is 2.56 bits per heavy atom. The van der Waals surface area contributed by atoms with Gasteiger partial charge in [-0.15, -0.1) is 0 Å². The van der Waals surface area contributed by atoms with Gasteiger partial charge in [0.1, 0.15) is 5.75 Å². The van der Waals surface area contributed by atoms with E-state index in [0.717, 1.165) is 68.4 Å². The minimum Gasteiger partial charge on any atom is -0.489 e. The van der Waals surface area contributed by atoms with Gasteiger partial charge < -0.3 is 20.2 Å². The molecule has 1 fully saturated rings. The van der Waals surface area contributed by atoms with Gasteiger partial charge in [0.2, 0.25) is 0 Å². The lowest BCUT2D eigenvalue weighted by molar-refractivity contribution is 0.198. The Balaban J connectivity index is 1.32. The van der Waals surface area contributed by atoms with Gasteiger partial charge in [0.25, 0.3) is 0 Å². The second-order valence-corrected chi connectivity index (χ2v) is 9.14. The van der Waals surface area contributed by atoms with Crippen molar-refractivity contribution < 1.29 is 9.57 Å². The first-order valence-corrected chi connectivity index (χ1v) is 12.0. The molecule has 0 spiro atoms. The molecule has 180 valence electrons. The summed E-state index contributed by atoms with van der Waals surface area (Å²) in [6, 6.07) is 14.3. The molecule has 0 aliphatic carbocycles. The minimum atomic E-state index is 0.158. The smallest absolute Gasteiger partial charge is 0.155 e. The van der Waals surface area contributed by atoms with Crippen molar-refractivity contribution in [3.63, 3.8) is 0 Å². The predicted molar refractivity (Wildman–Crippen MR) is 141 cm³/mol. The number of hydroxylamine groups is 1. The van der Waals surface area contributed by atoms with Crippen LogP contribution in [0.2, 0.25) is 0 Å². The van der Waals surface area contributed by atoms with Crippen molar-refractivity contribution >= 4 is 17.1 Å². The van der Waals surface area contributed by atoms with Crippen molar-refractivity contribution in [2.45, 2.75) is 26.4 Å². The van der Waals surface area contributed by atoms with Crippen LogP contribution >= 0.6 is 0 Å². The van der Waals surface area contributed by atoms with Gasteiger partial charge in [-0.3, -0.25) is 4.90 Å². The number of nitrogens with zero attached hydrogens (tertiary/aromatic N) is 3. The van der Waals surface area contributed by atoms with Crippen LogP contribution in [0, 0.1) is 0 Å². The molecule has 4 rings (SSSR count). The van der Waals surface area contributed by atoms with E-state index in [1.54, 1.807) is 6.08 Å². The van der Waals surface area contributed by atoms with Crippen LogP contribution in [0.15, 0.2) is 79.1 Å². The highest BCUT2D eigenvalue weighted by atomic mass is 16.7. The third-order valence-electron chi connectivity index (χ3n) is 6.09. The number of nitrogens with two attached hydrogens (primary N) is 1. The normalized spacial score (nSPS) is 16.5. The van der Waals surface area contributed by atoms with E-state index < -0.39 is 0 Å². The van der Waals surface area contributed by atoms with Crippen LogP contribution in [-0.2, 0) is 11.3 Å².